The largest absolute Gasteiger partial charge is 0.132 e. The van der Waals surface area contributed by atoms with Gasteiger partial charge in [-0.15, -0.1) is 23.2 Å². The smallest absolute Gasteiger partial charge is 0.100 e. The van der Waals surface area contributed by atoms with E-state index >= 15 is 0 Å². The summed E-state index contributed by atoms with van der Waals surface area (Å²) in [6.45, 7) is 0. The third-order valence-electron chi connectivity index (χ3n) is 1.10. The maximum Gasteiger partial charge on any atom is 0.132 e. The molecular formula is C7H5Cl2I. The molecule has 54 valence electrons. The minimum atomic E-state index is -0.408. The number of halogens is 3. The summed E-state index contributed by atoms with van der Waals surface area (Å²) in [5.41, 5.74) is 0.954. The first-order chi connectivity index (χ1) is 4.70. The molecule has 10 heavy (non-hydrogen) atoms. The van der Waals surface area contributed by atoms with Gasteiger partial charge in [-0.2, -0.15) is 0 Å². The van der Waals surface area contributed by atoms with Crippen LogP contribution in [0.4, 0.5) is 0 Å². The van der Waals surface area contributed by atoms with Gasteiger partial charge >= 0.3 is 0 Å². The third kappa shape index (κ3) is 2.29. The summed E-state index contributed by atoms with van der Waals surface area (Å²) in [6, 6.07) is 7.81. The Morgan fingerprint density at radius 1 is 1.30 bits per heavy atom. The van der Waals surface area contributed by atoms with Crippen LogP contribution in [0.5, 0.6) is 0 Å². The Labute approximate surface area is 83.7 Å². The van der Waals surface area contributed by atoms with Crippen molar-refractivity contribution in [3.63, 3.8) is 0 Å². The molecule has 1 rings (SSSR count). The average Bonchev–Trinajstić information content (AvgIpc) is 1.88. The Kier molecular flexibility index (Phi) is 3.27. The van der Waals surface area contributed by atoms with E-state index < -0.39 is 4.84 Å². The van der Waals surface area contributed by atoms with Crippen molar-refractivity contribution in [2.45, 2.75) is 4.84 Å². The zero-order chi connectivity index (χ0) is 7.56. The monoisotopic (exact) mass is 286 g/mol. The van der Waals surface area contributed by atoms with E-state index in [0.717, 1.165) is 9.13 Å². The predicted molar refractivity (Wildman–Crippen MR) is 53.6 cm³/mol. The minimum absolute atomic E-state index is 0.408. The molecule has 0 bridgehead atoms. The highest BCUT2D eigenvalue weighted by molar-refractivity contribution is 14.1. The van der Waals surface area contributed by atoms with Gasteiger partial charge in [-0.25, -0.2) is 0 Å². The first-order valence-electron chi connectivity index (χ1n) is 2.74. The molecule has 0 fully saturated rings. The average molecular weight is 287 g/mol. The van der Waals surface area contributed by atoms with Gasteiger partial charge in [0.25, 0.3) is 0 Å². The molecule has 0 aromatic heterocycles. The molecule has 0 heterocycles. The predicted octanol–water partition coefficient (Wildman–Crippen LogP) is 3.77. The minimum Gasteiger partial charge on any atom is -0.100 e. The summed E-state index contributed by atoms with van der Waals surface area (Å²) < 4.78 is 1.15. The Balaban J connectivity index is 2.96. The summed E-state index contributed by atoms with van der Waals surface area (Å²) in [4.78, 5) is -0.408. The van der Waals surface area contributed by atoms with Crippen LogP contribution in [0.3, 0.4) is 0 Å². The highest BCUT2D eigenvalue weighted by Crippen LogP contribution is 2.25. The Bertz CT molecular complexity index is 223. The number of benzene rings is 1. The topological polar surface area (TPSA) is 0 Å². The molecule has 0 amide bonds. The fraction of sp³-hybridized carbons (Fsp3) is 0.143. The number of hydrogen-bond acceptors (Lipinski definition) is 0. The summed E-state index contributed by atoms with van der Waals surface area (Å²) in [6.07, 6.45) is 0. The van der Waals surface area contributed by atoms with Crippen molar-refractivity contribution < 1.29 is 0 Å². The van der Waals surface area contributed by atoms with Gasteiger partial charge < -0.3 is 0 Å². The van der Waals surface area contributed by atoms with Gasteiger partial charge in [-0.05, 0) is 40.3 Å². The lowest BCUT2D eigenvalue weighted by Gasteiger charge is -1.99. The van der Waals surface area contributed by atoms with Crippen molar-refractivity contribution in [2.75, 3.05) is 0 Å². The van der Waals surface area contributed by atoms with E-state index in [1.807, 2.05) is 24.3 Å². The summed E-state index contributed by atoms with van der Waals surface area (Å²) in [5, 5.41) is 0. The van der Waals surface area contributed by atoms with Gasteiger partial charge in [0.05, 0.1) is 0 Å². The van der Waals surface area contributed by atoms with E-state index in [4.69, 9.17) is 23.2 Å². The van der Waals surface area contributed by atoms with Crippen molar-refractivity contribution in [3.05, 3.63) is 33.4 Å². The van der Waals surface area contributed by atoms with Gasteiger partial charge in [0.2, 0.25) is 0 Å². The highest BCUT2D eigenvalue weighted by Gasteiger charge is 2.01. The Hall–Kier alpha value is 0.530. The van der Waals surface area contributed by atoms with Crippen LogP contribution in [0, 0.1) is 3.57 Å². The zero-order valence-corrected chi connectivity index (χ0v) is 8.69. The zero-order valence-electron chi connectivity index (χ0n) is 5.02. The van der Waals surface area contributed by atoms with Crippen LogP contribution in [-0.2, 0) is 0 Å². The van der Waals surface area contributed by atoms with Gasteiger partial charge in [0.15, 0.2) is 0 Å². The maximum absolute atomic E-state index is 5.64. The number of hydrogen-bond donors (Lipinski definition) is 0. The SMILES string of the molecule is ClC(Cl)c1cccc(I)c1. The molecule has 1 aromatic carbocycles. The van der Waals surface area contributed by atoms with Crippen LogP contribution in [-0.4, -0.2) is 0 Å². The molecule has 0 saturated heterocycles. The van der Waals surface area contributed by atoms with Crippen LogP contribution in [0.1, 0.15) is 10.4 Å². The lowest BCUT2D eigenvalue weighted by Crippen LogP contribution is -1.80. The summed E-state index contributed by atoms with van der Waals surface area (Å²) in [5.74, 6) is 0. The van der Waals surface area contributed by atoms with Gasteiger partial charge in [0.1, 0.15) is 4.84 Å². The quantitative estimate of drug-likeness (QED) is 0.545. The molecule has 0 atom stereocenters. The van der Waals surface area contributed by atoms with Gasteiger partial charge in [-0.3, -0.25) is 0 Å². The van der Waals surface area contributed by atoms with Crippen LogP contribution in [0.25, 0.3) is 0 Å². The molecular weight excluding hydrogens is 282 g/mol. The van der Waals surface area contributed by atoms with Crippen molar-refractivity contribution in [2.24, 2.45) is 0 Å². The van der Waals surface area contributed by atoms with Crippen molar-refractivity contribution in [1.29, 1.82) is 0 Å². The van der Waals surface area contributed by atoms with Crippen LogP contribution in [0.15, 0.2) is 24.3 Å². The molecule has 0 aliphatic rings. The van der Waals surface area contributed by atoms with Crippen molar-refractivity contribution in [1.82, 2.24) is 0 Å². The molecule has 0 unspecified atom stereocenters. The van der Waals surface area contributed by atoms with Gasteiger partial charge in [0, 0.05) is 3.57 Å². The molecule has 0 aliphatic carbocycles. The molecule has 0 saturated carbocycles. The number of rotatable bonds is 1. The fourth-order valence-electron chi connectivity index (χ4n) is 0.642. The molecule has 0 nitrogen and oxygen atoms in total. The van der Waals surface area contributed by atoms with E-state index in [2.05, 4.69) is 22.6 Å². The van der Waals surface area contributed by atoms with E-state index in [-0.39, 0.29) is 0 Å². The first-order valence-corrected chi connectivity index (χ1v) is 4.69. The standard InChI is InChI=1S/C7H5Cl2I/c8-7(9)5-2-1-3-6(10)4-5/h1-4,7H. The third-order valence-corrected chi connectivity index (χ3v) is 2.28. The van der Waals surface area contributed by atoms with E-state index in [9.17, 15) is 0 Å². The Morgan fingerprint density at radius 3 is 2.40 bits per heavy atom. The molecule has 1 aromatic rings. The molecule has 0 radical (unpaired) electrons. The van der Waals surface area contributed by atoms with Gasteiger partial charge in [-0.1, -0.05) is 12.1 Å². The van der Waals surface area contributed by atoms with E-state index in [1.165, 1.54) is 0 Å². The first kappa shape index (κ1) is 8.62. The second kappa shape index (κ2) is 3.79. The van der Waals surface area contributed by atoms with Crippen molar-refractivity contribution >= 4 is 45.8 Å². The summed E-state index contributed by atoms with van der Waals surface area (Å²) >= 11 is 13.5. The highest BCUT2D eigenvalue weighted by atomic mass is 127. The lowest BCUT2D eigenvalue weighted by molar-refractivity contribution is 1.34. The molecule has 0 spiro atoms. The fourth-order valence-corrected chi connectivity index (χ4v) is 1.48. The lowest BCUT2D eigenvalue weighted by atomic mass is 10.2. The van der Waals surface area contributed by atoms with E-state index in [0.29, 0.717) is 0 Å². The second-order valence-corrected chi connectivity index (χ2v) is 4.20. The van der Waals surface area contributed by atoms with E-state index in [1.54, 1.807) is 0 Å². The molecule has 0 aliphatic heterocycles. The van der Waals surface area contributed by atoms with Crippen LogP contribution in [0.2, 0.25) is 0 Å². The maximum atomic E-state index is 5.64. The summed E-state index contributed by atoms with van der Waals surface area (Å²) in [7, 11) is 0. The molecule has 0 N–H and O–H groups in total. The van der Waals surface area contributed by atoms with Crippen LogP contribution >= 0.6 is 45.8 Å². The van der Waals surface area contributed by atoms with Crippen molar-refractivity contribution in [3.8, 4) is 0 Å². The second-order valence-electron chi connectivity index (χ2n) is 1.86. The number of alkyl halides is 2. The van der Waals surface area contributed by atoms with Crippen LogP contribution < -0.4 is 0 Å². The molecule has 3 heteroatoms. The Morgan fingerprint density at radius 2 is 2.00 bits per heavy atom. The normalized spacial score (nSPS) is 10.4.